The molecule has 2 saturated heterocycles. The molecular formula is C27H36FN5O2. The van der Waals surface area contributed by atoms with E-state index in [9.17, 15) is 4.79 Å². The monoisotopic (exact) mass is 481 g/mol. The first kappa shape index (κ1) is 24.0. The number of carbonyl (C=O) groups excluding carboxylic acids is 1. The number of ether oxygens (including phenoxy) is 1. The average molecular weight is 482 g/mol. The maximum atomic E-state index is 15.2. The Hall–Kier alpha value is -2.74. The summed E-state index contributed by atoms with van der Waals surface area (Å²) in [5.74, 6) is 0.961. The van der Waals surface area contributed by atoms with E-state index in [2.05, 4.69) is 41.0 Å². The molecule has 2 aliphatic heterocycles. The van der Waals surface area contributed by atoms with Gasteiger partial charge in [-0.2, -0.15) is 0 Å². The van der Waals surface area contributed by atoms with Gasteiger partial charge < -0.3 is 19.9 Å². The van der Waals surface area contributed by atoms with E-state index in [0.717, 1.165) is 37.2 Å². The number of piperazine rings is 1. The van der Waals surface area contributed by atoms with Crippen molar-refractivity contribution < 1.29 is 13.9 Å². The Labute approximate surface area is 207 Å². The SMILES string of the molecule is COc1ccc([C@H](C(=O)N2CCN(c3ncnc4c3[C@H](C)CC4)CC2)[C@@H]2CCC(C)(C)N2)c(F)c1. The summed E-state index contributed by atoms with van der Waals surface area (Å²) in [7, 11) is 1.52. The van der Waals surface area contributed by atoms with E-state index < -0.39 is 11.7 Å². The highest BCUT2D eigenvalue weighted by Crippen LogP contribution is 2.38. The fraction of sp³-hybridized carbons (Fsp3) is 0.593. The predicted octanol–water partition coefficient (Wildman–Crippen LogP) is 3.64. The number of benzene rings is 1. The number of hydrogen-bond acceptors (Lipinski definition) is 6. The molecule has 1 N–H and O–H groups in total. The predicted molar refractivity (Wildman–Crippen MR) is 133 cm³/mol. The largest absolute Gasteiger partial charge is 0.497 e. The Morgan fingerprint density at radius 3 is 2.63 bits per heavy atom. The Morgan fingerprint density at radius 2 is 1.97 bits per heavy atom. The molecule has 7 nitrogen and oxygen atoms in total. The zero-order valence-corrected chi connectivity index (χ0v) is 21.2. The first-order valence-electron chi connectivity index (χ1n) is 12.8. The van der Waals surface area contributed by atoms with Crippen LogP contribution in [0, 0.1) is 5.82 Å². The van der Waals surface area contributed by atoms with Gasteiger partial charge in [0.15, 0.2) is 0 Å². The van der Waals surface area contributed by atoms with Crippen LogP contribution in [-0.2, 0) is 11.2 Å². The van der Waals surface area contributed by atoms with Crippen molar-refractivity contribution in [1.29, 1.82) is 0 Å². The van der Waals surface area contributed by atoms with Crippen molar-refractivity contribution in [2.75, 3.05) is 38.2 Å². The van der Waals surface area contributed by atoms with E-state index in [1.165, 1.54) is 18.7 Å². The van der Waals surface area contributed by atoms with Crippen LogP contribution in [0.5, 0.6) is 5.75 Å². The first-order valence-corrected chi connectivity index (χ1v) is 12.8. The number of amides is 1. The third kappa shape index (κ3) is 4.60. The Balaban J connectivity index is 1.36. The highest BCUT2D eigenvalue weighted by Gasteiger charge is 2.42. The minimum atomic E-state index is -0.572. The molecule has 188 valence electrons. The molecule has 3 heterocycles. The van der Waals surface area contributed by atoms with E-state index in [-0.39, 0.29) is 17.5 Å². The van der Waals surface area contributed by atoms with Crippen molar-refractivity contribution in [2.45, 2.75) is 69.9 Å². The average Bonchev–Trinajstić information content (AvgIpc) is 3.41. The molecule has 0 saturated carbocycles. The second-order valence-corrected chi connectivity index (χ2v) is 10.8. The standard InChI is InChI=1S/C27H36FN5O2/c1-17-5-8-21-23(17)25(30-16-29-21)32-11-13-33(14-12-32)26(34)24(22-9-10-27(2,3)31-22)19-7-6-18(35-4)15-20(19)28/h6-7,15-17,22,24,31H,5,8-14H2,1-4H3/t17-,22+,24+/m1/s1. The van der Waals surface area contributed by atoms with Gasteiger partial charge in [-0.05, 0) is 51.5 Å². The van der Waals surface area contributed by atoms with Gasteiger partial charge in [0.25, 0.3) is 0 Å². The summed E-state index contributed by atoms with van der Waals surface area (Å²) >= 11 is 0. The molecule has 35 heavy (non-hydrogen) atoms. The van der Waals surface area contributed by atoms with Crippen LogP contribution in [0.15, 0.2) is 24.5 Å². The molecular weight excluding hydrogens is 445 g/mol. The van der Waals surface area contributed by atoms with Gasteiger partial charge in [-0.1, -0.05) is 13.0 Å². The fourth-order valence-electron chi connectivity index (χ4n) is 6.03. The van der Waals surface area contributed by atoms with Crippen LogP contribution < -0.4 is 15.0 Å². The molecule has 1 aromatic heterocycles. The summed E-state index contributed by atoms with van der Waals surface area (Å²) < 4.78 is 20.4. The highest BCUT2D eigenvalue weighted by molar-refractivity contribution is 5.85. The van der Waals surface area contributed by atoms with Gasteiger partial charge in [-0.3, -0.25) is 4.79 Å². The zero-order valence-electron chi connectivity index (χ0n) is 21.2. The van der Waals surface area contributed by atoms with Crippen LogP contribution in [0.2, 0.25) is 0 Å². The minimum Gasteiger partial charge on any atom is -0.497 e. The summed E-state index contributed by atoms with van der Waals surface area (Å²) in [5.41, 5.74) is 2.79. The third-order valence-electron chi connectivity index (χ3n) is 8.01. The number of rotatable bonds is 5. The summed E-state index contributed by atoms with van der Waals surface area (Å²) in [5, 5.41) is 3.60. The van der Waals surface area contributed by atoms with Crippen LogP contribution in [0.4, 0.5) is 10.2 Å². The van der Waals surface area contributed by atoms with E-state index in [1.807, 2.05) is 4.90 Å². The number of fused-ring (bicyclic) bond motifs is 1. The Kier molecular flexibility index (Phi) is 6.42. The number of aryl methyl sites for hydroxylation is 1. The van der Waals surface area contributed by atoms with E-state index in [1.54, 1.807) is 18.5 Å². The fourth-order valence-corrected chi connectivity index (χ4v) is 6.03. The van der Waals surface area contributed by atoms with Crippen LogP contribution in [0.1, 0.15) is 68.7 Å². The normalized spacial score (nSPS) is 24.4. The van der Waals surface area contributed by atoms with Gasteiger partial charge in [0.2, 0.25) is 5.91 Å². The van der Waals surface area contributed by atoms with Crippen LogP contribution in [0.25, 0.3) is 0 Å². The lowest BCUT2D eigenvalue weighted by Gasteiger charge is -2.39. The zero-order chi connectivity index (χ0) is 24.7. The molecule has 0 radical (unpaired) electrons. The molecule has 8 heteroatoms. The molecule has 2 aromatic rings. The number of nitrogens with zero attached hydrogens (tertiary/aromatic N) is 4. The molecule has 3 atom stereocenters. The molecule has 1 aromatic carbocycles. The second-order valence-electron chi connectivity index (χ2n) is 10.8. The van der Waals surface area contributed by atoms with Crippen molar-refractivity contribution in [3.63, 3.8) is 0 Å². The van der Waals surface area contributed by atoms with Crippen molar-refractivity contribution in [2.24, 2.45) is 0 Å². The van der Waals surface area contributed by atoms with Crippen molar-refractivity contribution >= 4 is 11.7 Å². The number of methoxy groups -OCH3 is 1. The summed E-state index contributed by atoms with van der Waals surface area (Å²) in [4.78, 5) is 27.2. The molecule has 1 amide bonds. The van der Waals surface area contributed by atoms with Gasteiger partial charge in [0.1, 0.15) is 23.7 Å². The molecule has 3 aliphatic rings. The maximum absolute atomic E-state index is 15.2. The van der Waals surface area contributed by atoms with Gasteiger partial charge >= 0.3 is 0 Å². The first-order chi connectivity index (χ1) is 16.8. The quantitative estimate of drug-likeness (QED) is 0.703. The number of hydrogen-bond donors (Lipinski definition) is 1. The molecule has 2 fully saturated rings. The minimum absolute atomic E-state index is 0.00907. The van der Waals surface area contributed by atoms with E-state index >= 15 is 4.39 Å². The summed E-state index contributed by atoms with van der Waals surface area (Å²) in [6, 6.07) is 4.73. The van der Waals surface area contributed by atoms with Crippen molar-refractivity contribution in [3.05, 3.63) is 47.2 Å². The summed E-state index contributed by atoms with van der Waals surface area (Å²) in [6.07, 6.45) is 5.56. The summed E-state index contributed by atoms with van der Waals surface area (Å²) in [6.45, 7) is 9.12. The number of carbonyl (C=O) groups is 1. The highest BCUT2D eigenvalue weighted by atomic mass is 19.1. The van der Waals surface area contributed by atoms with Crippen LogP contribution in [0.3, 0.4) is 0 Å². The number of nitrogens with one attached hydrogen (secondary N) is 1. The van der Waals surface area contributed by atoms with Gasteiger partial charge in [0, 0.05) is 60.6 Å². The topological polar surface area (TPSA) is 70.6 Å². The van der Waals surface area contributed by atoms with Gasteiger partial charge in [-0.25, -0.2) is 14.4 Å². The number of aromatic nitrogens is 2. The number of halogens is 1. The van der Waals surface area contributed by atoms with E-state index in [0.29, 0.717) is 43.4 Å². The molecule has 0 spiro atoms. The number of anilines is 1. The van der Waals surface area contributed by atoms with E-state index in [4.69, 9.17) is 4.74 Å². The molecule has 0 unspecified atom stereocenters. The van der Waals surface area contributed by atoms with Crippen molar-refractivity contribution in [1.82, 2.24) is 20.2 Å². The van der Waals surface area contributed by atoms with Crippen molar-refractivity contribution in [3.8, 4) is 5.75 Å². The maximum Gasteiger partial charge on any atom is 0.231 e. The lowest BCUT2D eigenvalue weighted by Crippen LogP contribution is -2.53. The van der Waals surface area contributed by atoms with Crippen LogP contribution in [-0.4, -0.2) is 65.6 Å². The third-order valence-corrected chi connectivity index (χ3v) is 8.01. The molecule has 5 rings (SSSR count). The smallest absolute Gasteiger partial charge is 0.231 e. The second kappa shape index (κ2) is 9.37. The Bertz CT molecular complexity index is 1100. The van der Waals surface area contributed by atoms with Gasteiger partial charge in [-0.15, -0.1) is 0 Å². The lowest BCUT2D eigenvalue weighted by molar-refractivity contribution is -0.133. The van der Waals surface area contributed by atoms with Crippen LogP contribution >= 0.6 is 0 Å². The lowest BCUT2D eigenvalue weighted by atomic mass is 9.88. The Morgan fingerprint density at radius 1 is 1.20 bits per heavy atom. The molecule has 0 bridgehead atoms. The van der Waals surface area contributed by atoms with Gasteiger partial charge in [0.05, 0.1) is 13.0 Å². The molecule has 1 aliphatic carbocycles.